The van der Waals surface area contributed by atoms with E-state index >= 15 is 0 Å². The van der Waals surface area contributed by atoms with Gasteiger partial charge in [-0.25, -0.2) is 0 Å². The first-order valence-corrected chi connectivity index (χ1v) is 7.65. The van der Waals surface area contributed by atoms with E-state index in [4.69, 9.17) is 5.73 Å². The monoisotopic (exact) mass is 292 g/mol. The van der Waals surface area contributed by atoms with Gasteiger partial charge in [0.25, 0.3) is 0 Å². The molecule has 0 aromatic heterocycles. The van der Waals surface area contributed by atoms with E-state index in [2.05, 4.69) is 49.1 Å². The largest absolute Gasteiger partial charge is 0.372 e. The Hall–Kier alpha value is -2.55. The first-order chi connectivity index (χ1) is 10.6. The number of carbonyl (C=O) groups is 1. The Morgan fingerprint density at radius 3 is 2.41 bits per heavy atom. The van der Waals surface area contributed by atoms with Gasteiger partial charge in [-0.3, -0.25) is 4.79 Å². The zero-order chi connectivity index (χ0) is 15.7. The molecule has 0 saturated heterocycles. The van der Waals surface area contributed by atoms with E-state index < -0.39 is 0 Å². The highest BCUT2D eigenvalue weighted by Crippen LogP contribution is 2.28. The summed E-state index contributed by atoms with van der Waals surface area (Å²) in [4.78, 5) is 13.9. The number of carbonyl (C=O) groups excluding carboxylic acids is 1. The third-order valence-corrected chi connectivity index (χ3v) is 4.22. The van der Waals surface area contributed by atoms with Crippen LogP contribution in [0.15, 0.2) is 48.5 Å². The van der Waals surface area contributed by atoms with E-state index in [9.17, 15) is 4.79 Å². The normalized spacial score (nSPS) is 11.0. The summed E-state index contributed by atoms with van der Waals surface area (Å²) in [7, 11) is 0. The van der Waals surface area contributed by atoms with Crippen LogP contribution in [0.4, 0.5) is 5.69 Å². The molecule has 0 aliphatic heterocycles. The second-order valence-corrected chi connectivity index (χ2v) is 5.45. The molecule has 2 N–H and O–H groups in total. The van der Waals surface area contributed by atoms with Crippen molar-refractivity contribution >= 4 is 33.1 Å². The summed E-state index contributed by atoms with van der Waals surface area (Å²) in [6.07, 6.45) is 0. The van der Waals surface area contributed by atoms with Crippen molar-refractivity contribution in [1.82, 2.24) is 0 Å². The summed E-state index contributed by atoms with van der Waals surface area (Å²) in [5.74, 6) is -0.385. The third kappa shape index (κ3) is 2.39. The fourth-order valence-corrected chi connectivity index (χ4v) is 3.01. The van der Waals surface area contributed by atoms with Crippen molar-refractivity contribution in [3.8, 4) is 0 Å². The molecular formula is C19H20N2O. The molecule has 0 bridgehead atoms. The molecule has 0 aliphatic rings. The van der Waals surface area contributed by atoms with Gasteiger partial charge in [-0.05, 0) is 65.7 Å². The number of rotatable bonds is 4. The molecule has 3 rings (SSSR count). The number of nitrogens with two attached hydrogens (primary N) is 1. The Morgan fingerprint density at radius 2 is 1.73 bits per heavy atom. The Balaban J connectivity index is 2.23. The SMILES string of the molecule is CCN(CC)c1ccc2cc3c(C(N)=O)cccc3cc2c1. The van der Waals surface area contributed by atoms with E-state index in [1.54, 1.807) is 6.07 Å². The lowest BCUT2D eigenvalue weighted by atomic mass is 9.99. The van der Waals surface area contributed by atoms with Gasteiger partial charge in [0.2, 0.25) is 5.91 Å². The van der Waals surface area contributed by atoms with Crippen LogP contribution >= 0.6 is 0 Å². The minimum atomic E-state index is -0.385. The average molecular weight is 292 g/mol. The van der Waals surface area contributed by atoms with E-state index in [0.717, 1.165) is 29.2 Å². The van der Waals surface area contributed by atoms with Crippen molar-refractivity contribution < 1.29 is 4.79 Å². The number of fused-ring (bicyclic) bond motifs is 2. The van der Waals surface area contributed by atoms with Gasteiger partial charge in [0.05, 0.1) is 0 Å². The Bertz CT molecular complexity index is 851. The summed E-state index contributed by atoms with van der Waals surface area (Å²) in [5, 5.41) is 4.26. The molecule has 0 radical (unpaired) electrons. The van der Waals surface area contributed by atoms with Gasteiger partial charge in [-0.2, -0.15) is 0 Å². The van der Waals surface area contributed by atoms with Crippen LogP contribution in [-0.4, -0.2) is 19.0 Å². The lowest BCUT2D eigenvalue weighted by Crippen LogP contribution is -2.21. The van der Waals surface area contributed by atoms with Gasteiger partial charge < -0.3 is 10.6 Å². The molecule has 3 heteroatoms. The van der Waals surface area contributed by atoms with Crippen LogP contribution in [0.3, 0.4) is 0 Å². The molecule has 0 unspecified atom stereocenters. The number of hydrogen-bond acceptors (Lipinski definition) is 2. The molecule has 3 aromatic carbocycles. The highest BCUT2D eigenvalue weighted by atomic mass is 16.1. The summed E-state index contributed by atoms with van der Waals surface area (Å²) in [6.45, 7) is 6.29. The zero-order valence-electron chi connectivity index (χ0n) is 13.0. The van der Waals surface area contributed by atoms with Gasteiger partial charge in [-0.1, -0.05) is 18.2 Å². The Morgan fingerprint density at radius 1 is 0.955 bits per heavy atom. The summed E-state index contributed by atoms with van der Waals surface area (Å²) in [5.41, 5.74) is 7.28. The first kappa shape index (κ1) is 14.4. The Kier molecular flexibility index (Phi) is 3.72. The first-order valence-electron chi connectivity index (χ1n) is 7.65. The number of benzene rings is 3. The van der Waals surface area contributed by atoms with E-state index in [0.29, 0.717) is 5.56 Å². The van der Waals surface area contributed by atoms with E-state index in [1.165, 1.54) is 11.1 Å². The summed E-state index contributed by atoms with van der Waals surface area (Å²) < 4.78 is 0. The maximum Gasteiger partial charge on any atom is 0.249 e. The Labute approximate surface area is 130 Å². The second-order valence-electron chi connectivity index (χ2n) is 5.45. The minimum Gasteiger partial charge on any atom is -0.372 e. The lowest BCUT2D eigenvalue weighted by Gasteiger charge is -2.21. The van der Waals surface area contributed by atoms with Crippen LogP contribution in [0.5, 0.6) is 0 Å². The smallest absolute Gasteiger partial charge is 0.249 e. The second kappa shape index (κ2) is 5.68. The number of amides is 1. The van der Waals surface area contributed by atoms with Crippen molar-refractivity contribution in [2.45, 2.75) is 13.8 Å². The van der Waals surface area contributed by atoms with E-state index in [1.807, 2.05) is 12.1 Å². The highest BCUT2D eigenvalue weighted by Gasteiger charge is 2.08. The van der Waals surface area contributed by atoms with Crippen molar-refractivity contribution in [3.05, 3.63) is 54.1 Å². The van der Waals surface area contributed by atoms with E-state index in [-0.39, 0.29) is 5.91 Å². The number of nitrogens with zero attached hydrogens (tertiary/aromatic N) is 1. The predicted octanol–water partition coefficient (Wildman–Crippen LogP) is 3.94. The fourth-order valence-electron chi connectivity index (χ4n) is 3.01. The molecule has 3 nitrogen and oxygen atoms in total. The highest BCUT2D eigenvalue weighted by molar-refractivity contribution is 6.10. The molecule has 0 heterocycles. The quantitative estimate of drug-likeness (QED) is 0.740. The van der Waals surface area contributed by atoms with Crippen LogP contribution in [0.2, 0.25) is 0 Å². The van der Waals surface area contributed by atoms with Crippen LogP contribution in [-0.2, 0) is 0 Å². The maximum atomic E-state index is 11.6. The molecule has 0 fully saturated rings. The van der Waals surface area contributed by atoms with Crippen LogP contribution in [0, 0.1) is 0 Å². The van der Waals surface area contributed by atoms with Crippen LogP contribution in [0.1, 0.15) is 24.2 Å². The topological polar surface area (TPSA) is 46.3 Å². The fraction of sp³-hybridized carbons (Fsp3) is 0.211. The molecule has 22 heavy (non-hydrogen) atoms. The maximum absolute atomic E-state index is 11.6. The molecule has 0 aliphatic carbocycles. The molecule has 1 amide bonds. The molecule has 0 saturated carbocycles. The van der Waals surface area contributed by atoms with Crippen LogP contribution in [0.25, 0.3) is 21.5 Å². The van der Waals surface area contributed by atoms with Crippen molar-refractivity contribution in [2.75, 3.05) is 18.0 Å². The molecule has 3 aromatic rings. The van der Waals surface area contributed by atoms with Gasteiger partial charge >= 0.3 is 0 Å². The van der Waals surface area contributed by atoms with Gasteiger partial charge in [-0.15, -0.1) is 0 Å². The lowest BCUT2D eigenvalue weighted by molar-refractivity contribution is 0.100. The number of primary amides is 1. The molecule has 0 spiro atoms. The van der Waals surface area contributed by atoms with Crippen molar-refractivity contribution in [2.24, 2.45) is 5.73 Å². The van der Waals surface area contributed by atoms with Gasteiger partial charge in [0.1, 0.15) is 0 Å². The predicted molar refractivity (Wildman–Crippen MR) is 93.5 cm³/mol. The van der Waals surface area contributed by atoms with Crippen molar-refractivity contribution in [1.29, 1.82) is 0 Å². The third-order valence-electron chi connectivity index (χ3n) is 4.22. The van der Waals surface area contributed by atoms with Crippen LogP contribution < -0.4 is 10.6 Å². The number of hydrogen-bond donors (Lipinski definition) is 1. The van der Waals surface area contributed by atoms with Gasteiger partial charge in [0.15, 0.2) is 0 Å². The number of anilines is 1. The average Bonchev–Trinajstić information content (AvgIpc) is 2.53. The molecule has 0 atom stereocenters. The van der Waals surface area contributed by atoms with Crippen molar-refractivity contribution in [3.63, 3.8) is 0 Å². The summed E-state index contributed by atoms with van der Waals surface area (Å²) >= 11 is 0. The molecular weight excluding hydrogens is 272 g/mol. The standard InChI is InChI=1S/C19H20N2O/c1-3-21(4-2)16-9-8-13-12-18-14(10-15(13)11-16)6-5-7-17(18)19(20)22/h5-12H,3-4H2,1-2H3,(H2,20,22). The van der Waals surface area contributed by atoms with Gasteiger partial charge in [0, 0.05) is 24.3 Å². The minimum absolute atomic E-state index is 0.385. The summed E-state index contributed by atoms with van der Waals surface area (Å²) in [6, 6.07) is 16.3. The molecule has 112 valence electrons. The zero-order valence-corrected chi connectivity index (χ0v) is 13.0.